The molecular formula is C34H40NO8. The van der Waals surface area contributed by atoms with Crippen LogP contribution in [0.1, 0.15) is 37.7 Å². The second-order valence-electron chi connectivity index (χ2n) is 9.90. The van der Waals surface area contributed by atoms with E-state index >= 15 is 0 Å². The first-order valence-electron chi connectivity index (χ1n) is 14.3. The Morgan fingerprint density at radius 2 is 1.26 bits per heavy atom. The lowest BCUT2D eigenvalue weighted by Crippen LogP contribution is -2.01. The molecule has 0 spiro atoms. The molecule has 0 aliphatic rings. The smallest absolute Gasteiger partial charge is 0.203 e. The molecule has 9 heteroatoms. The van der Waals surface area contributed by atoms with Gasteiger partial charge in [0.05, 0.1) is 48.8 Å². The van der Waals surface area contributed by atoms with Gasteiger partial charge in [0.25, 0.3) is 0 Å². The van der Waals surface area contributed by atoms with Gasteiger partial charge in [0.1, 0.15) is 5.69 Å². The highest BCUT2D eigenvalue weighted by molar-refractivity contribution is 5.72. The zero-order valence-electron chi connectivity index (χ0n) is 25.8. The van der Waals surface area contributed by atoms with E-state index in [1.54, 1.807) is 35.5 Å². The molecule has 0 aliphatic carbocycles. The monoisotopic (exact) mass is 590 g/mol. The van der Waals surface area contributed by atoms with Crippen molar-refractivity contribution >= 4 is 0 Å². The van der Waals surface area contributed by atoms with Gasteiger partial charge in [0, 0.05) is 23.3 Å². The Balaban J connectivity index is 1.28. The minimum Gasteiger partial charge on any atom is -0.493 e. The number of rotatable bonds is 17. The van der Waals surface area contributed by atoms with Crippen molar-refractivity contribution in [3.05, 3.63) is 60.2 Å². The summed E-state index contributed by atoms with van der Waals surface area (Å²) in [6.45, 7) is 3.25. The van der Waals surface area contributed by atoms with E-state index in [2.05, 4.69) is 11.2 Å². The second-order valence-corrected chi connectivity index (χ2v) is 9.90. The molecule has 0 fully saturated rings. The van der Waals surface area contributed by atoms with Gasteiger partial charge in [-0.3, -0.25) is 0 Å². The largest absolute Gasteiger partial charge is 0.493 e. The minimum absolute atomic E-state index is 0.515. The third-order valence-corrected chi connectivity index (χ3v) is 6.94. The van der Waals surface area contributed by atoms with Crippen LogP contribution >= 0.6 is 0 Å². The zero-order chi connectivity index (χ0) is 30.6. The van der Waals surface area contributed by atoms with Crippen molar-refractivity contribution in [2.45, 2.75) is 39.0 Å². The average molecular weight is 591 g/mol. The lowest BCUT2D eigenvalue weighted by molar-refractivity contribution is 0.276. The molecule has 0 saturated heterocycles. The predicted molar refractivity (Wildman–Crippen MR) is 164 cm³/mol. The quantitative estimate of drug-likeness (QED) is 0.116. The van der Waals surface area contributed by atoms with Crippen molar-refractivity contribution in [1.82, 2.24) is 5.16 Å². The van der Waals surface area contributed by atoms with E-state index < -0.39 is 0 Å². The van der Waals surface area contributed by atoms with Crippen molar-refractivity contribution in [3.63, 3.8) is 0 Å². The Bertz CT molecular complexity index is 1440. The summed E-state index contributed by atoms with van der Waals surface area (Å²) >= 11 is 0. The average Bonchev–Trinajstić information content (AvgIpc) is 3.53. The molecule has 0 bridgehead atoms. The fraction of sp³-hybridized carbons (Fsp3) is 0.382. The zero-order valence-corrected chi connectivity index (χ0v) is 25.8. The molecule has 229 valence electrons. The SMILES string of the molecule is COc1[c]cc(C)cc1OCCCCCCCOc1cc(-c2cc(-c3cc(OC)c(OC)c(OC)c3)no2)ccc1OC. The van der Waals surface area contributed by atoms with Crippen molar-refractivity contribution in [1.29, 1.82) is 0 Å². The van der Waals surface area contributed by atoms with Crippen LogP contribution in [-0.4, -0.2) is 53.9 Å². The number of hydrogen-bond acceptors (Lipinski definition) is 9. The molecular weight excluding hydrogens is 550 g/mol. The summed E-state index contributed by atoms with van der Waals surface area (Å²) in [4.78, 5) is 0. The fourth-order valence-electron chi connectivity index (χ4n) is 4.65. The number of benzene rings is 3. The third kappa shape index (κ3) is 8.06. The van der Waals surface area contributed by atoms with Crippen molar-refractivity contribution in [3.8, 4) is 62.8 Å². The standard InChI is InChI=1S/C34H40NO8/c1-23-12-14-27(36-2)30(18-23)41-16-10-8-7-9-11-17-42-31-19-24(13-15-28(31)37-3)29-22-26(35-43-29)25-20-32(38-4)34(40-6)33(21-25)39-5/h12-13,15,18-22H,7-11,16-17H2,1-6H3. The van der Waals surface area contributed by atoms with Crippen molar-refractivity contribution < 1.29 is 37.7 Å². The van der Waals surface area contributed by atoms with E-state index in [9.17, 15) is 0 Å². The number of aromatic nitrogens is 1. The first-order chi connectivity index (χ1) is 21.0. The molecule has 0 atom stereocenters. The van der Waals surface area contributed by atoms with Gasteiger partial charge in [-0.1, -0.05) is 24.4 Å². The molecule has 0 N–H and O–H groups in total. The number of methoxy groups -OCH3 is 5. The summed E-state index contributed by atoms with van der Waals surface area (Å²) in [6.07, 6.45) is 5.15. The molecule has 1 heterocycles. The topological polar surface area (TPSA) is 90.6 Å². The molecule has 43 heavy (non-hydrogen) atoms. The van der Waals surface area contributed by atoms with E-state index in [-0.39, 0.29) is 0 Å². The maximum absolute atomic E-state index is 6.11. The molecule has 4 aromatic rings. The van der Waals surface area contributed by atoms with Gasteiger partial charge >= 0.3 is 0 Å². The van der Waals surface area contributed by atoms with E-state index in [1.807, 2.05) is 55.5 Å². The van der Waals surface area contributed by atoms with Gasteiger partial charge in [0.2, 0.25) is 5.75 Å². The van der Waals surface area contributed by atoms with Crippen LogP contribution < -0.4 is 33.2 Å². The summed E-state index contributed by atoms with van der Waals surface area (Å²) in [5.41, 5.74) is 3.33. The van der Waals surface area contributed by atoms with E-state index in [1.165, 1.54) is 0 Å². The Morgan fingerprint density at radius 1 is 0.628 bits per heavy atom. The number of ether oxygens (including phenoxy) is 7. The summed E-state index contributed by atoms with van der Waals surface area (Å²) in [7, 11) is 7.98. The molecule has 1 radical (unpaired) electrons. The van der Waals surface area contributed by atoms with Crippen molar-refractivity contribution in [2.75, 3.05) is 48.8 Å². The van der Waals surface area contributed by atoms with Gasteiger partial charge < -0.3 is 37.7 Å². The molecule has 0 unspecified atom stereocenters. The van der Waals surface area contributed by atoms with Crippen LogP contribution in [0.5, 0.6) is 40.2 Å². The summed E-state index contributed by atoms with van der Waals surface area (Å²) < 4.78 is 44.9. The van der Waals surface area contributed by atoms with Crippen LogP contribution in [0.15, 0.2) is 53.1 Å². The highest BCUT2D eigenvalue weighted by atomic mass is 16.5. The number of nitrogens with zero attached hydrogens (tertiary/aromatic N) is 1. The van der Waals surface area contributed by atoms with Crippen LogP contribution in [0.3, 0.4) is 0 Å². The first kappa shape index (κ1) is 31.4. The van der Waals surface area contributed by atoms with Gasteiger partial charge in [-0.05, 0) is 67.8 Å². The van der Waals surface area contributed by atoms with E-state index in [0.717, 1.165) is 54.5 Å². The van der Waals surface area contributed by atoms with Crippen molar-refractivity contribution in [2.24, 2.45) is 0 Å². The minimum atomic E-state index is 0.515. The molecule has 4 rings (SSSR count). The normalized spacial score (nSPS) is 10.7. The Morgan fingerprint density at radius 3 is 1.88 bits per heavy atom. The van der Waals surface area contributed by atoms with Crippen LogP contribution in [-0.2, 0) is 0 Å². The highest BCUT2D eigenvalue weighted by Crippen LogP contribution is 2.42. The van der Waals surface area contributed by atoms with E-state index in [0.29, 0.717) is 59.2 Å². The maximum atomic E-state index is 6.11. The lowest BCUT2D eigenvalue weighted by atomic mass is 10.1. The summed E-state index contributed by atoms with van der Waals surface area (Å²) in [6, 6.07) is 18.2. The molecule has 1 aromatic heterocycles. The highest BCUT2D eigenvalue weighted by Gasteiger charge is 2.18. The fourth-order valence-corrected chi connectivity index (χ4v) is 4.65. The van der Waals surface area contributed by atoms with E-state index in [4.69, 9.17) is 37.7 Å². The molecule has 0 amide bonds. The molecule has 9 nitrogen and oxygen atoms in total. The molecule has 0 aliphatic heterocycles. The number of hydrogen-bond donors (Lipinski definition) is 0. The Kier molecular flexibility index (Phi) is 11.4. The maximum Gasteiger partial charge on any atom is 0.203 e. The van der Waals surface area contributed by atoms with Crippen LogP contribution in [0.25, 0.3) is 22.6 Å². The van der Waals surface area contributed by atoms with Gasteiger partial charge in [-0.25, -0.2) is 0 Å². The summed E-state index contributed by atoms with van der Waals surface area (Å²) in [5.74, 6) is 4.89. The van der Waals surface area contributed by atoms with Gasteiger partial charge in [0.15, 0.2) is 40.3 Å². The Labute approximate surface area is 253 Å². The lowest BCUT2D eigenvalue weighted by Gasteiger charge is -2.13. The number of unbranched alkanes of at least 4 members (excludes halogenated alkanes) is 4. The first-order valence-corrected chi connectivity index (χ1v) is 14.3. The summed E-state index contributed by atoms with van der Waals surface area (Å²) in [5, 5.41) is 4.27. The van der Waals surface area contributed by atoms with Crippen LogP contribution in [0.2, 0.25) is 0 Å². The second kappa shape index (κ2) is 15.6. The van der Waals surface area contributed by atoms with Crippen LogP contribution in [0, 0.1) is 13.0 Å². The Hall–Kier alpha value is -4.53. The third-order valence-electron chi connectivity index (χ3n) is 6.94. The predicted octanol–water partition coefficient (Wildman–Crippen LogP) is 7.57. The van der Waals surface area contributed by atoms with Gasteiger partial charge in [-0.2, -0.15) is 0 Å². The molecule has 0 saturated carbocycles. The van der Waals surface area contributed by atoms with Gasteiger partial charge in [-0.15, -0.1) is 0 Å². The number of aryl methyl sites for hydroxylation is 1. The molecule has 3 aromatic carbocycles. The van der Waals surface area contributed by atoms with Crippen LogP contribution in [0.4, 0.5) is 0 Å².